The van der Waals surface area contributed by atoms with Gasteiger partial charge in [0.25, 0.3) is 10.0 Å². The number of amides is 2. The van der Waals surface area contributed by atoms with Gasteiger partial charge in [0.1, 0.15) is 0 Å². The van der Waals surface area contributed by atoms with Gasteiger partial charge in [-0.2, -0.15) is 20.7 Å². The summed E-state index contributed by atoms with van der Waals surface area (Å²) in [5.74, 6) is 1.13. The number of nitriles is 2. The maximum atomic E-state index is 12.8. The van der Waals surface area contributed by atoms with Gasteiger partial charge in [-0.25, -0.2) is 40.9 Å². The van der Waals surface area contributed by atoms with Gasteiger partial charge >= 0.3 is 6.03 Å². The predicted octanol–water partition coefficient (Wildman–Crippen LogP) is 5.99. The van der Waals surface area contributed by atoms with Crippen LogP contribution in [0.4, 0.5) is 16.2 Å². The average Bonchev–Trinajstić information content (AvgIpc) is 3.81. The van der Waals surface area contributed by atoms with E-state index in [1.165, 1.54) is 21.8 Å². The molecule has 0 radical (unpaired) electrons. The lowest BCUT2D eigenvalue weighted by Gasteiger charge is -2.21. The Morgan fingerprint density at radius 1 is 0.724 bits per heavy atom. The van der Waals surface area contributed by atoms with Crippen molar-refractivity contribution < 1.29 is 31.1 Å². The molecule has 2 aliphatic rings. The van der Waals surface area contributed by atoms with Crippen LogP contribution in [0.25, 0.3) is 0 Å². The number of carbonyl (C=O) groups excluding carboxylic acids is 1. The van der Waals surface area contributed by atoms with Gasteiger partial charge in [-0.1, -0.05) is 55.4 Å². The fraction of sp³-hybridized carbons (Fsp3) is 0.462. The van der Waals surface area contributed by atoms with Crippen LogP contribution < -0.4 is 30.4 Å². The van der Waals surface area contributed by atoms with E-state index in [0.29, 0.717) is 55.0 Å². The summed E-state index contributed by atoms with van der Waals surface area (Å²) in [6.07, 6.45) is 3.96. The molecule has 0 spiro atoms. The second-order valence-electron chi connectivity index (χ2n) is 15.0. The molecule has 2 aromatic heterocycles. The Balaban J connectivity index is 0.000000220. The van der Waals surface area contributed by atoms with Gasteiger partial charge in [0.2, 0.25) is 21.8 Å². The average molecular weight is 837 g/mol. The molecule has 0 unspecified atom stereocenters. The Hall–Kier alpha value is -5.63. The Bertz CT molecular complexity index is 2380. The van der Waals surface area contributed by atoms with Crippen molar-refractivity contribution in [2.75, 3.05) is 24.3 Å². The number of nitrogens with two attached hydrogens (primary N) is 2. The van der Waals surface area contributed by atoms with Crippen LogP contribution in [0.3, 0.4) is 0 Å². The zero-order valence-corrected chi connectivity index (χ0v) is 35.7. The minimum absolute atomic E-state index is 0.0128. The van der Waals surface area contributed by atoms with Crippen molar-refractivity contribution >= 4 is 37.5 Å². The predicted molar refractivity (Wildman–Crippen MR) is 218 cm³/mol. The van der Waals surface area contributed by atoms with E-state index >= 15 is 0 Å². The number of benzene rings is 2. The highest BCUT2D eigenvalue weighted by molar-refractivity contribution is 7.90. The molecular formula is C39H52N10O7S2. The van der Waals surface area contributed by atoms with Crippen molar-refractivity contribution in [3.8, 4) is 23.9 Å². The van der Waals surface area contributed by atoms with Gasteiger partial charge in [-0.05, 0) is 70.2 Å². The number of aryl methyl sites for hydroxylation is 2. The number of sulfonamides is 2. The van der Waals surface area contributed by atoms with Crippen molar-refractivity contribution in [3.63, 3.8) is 0 Å². The van der Waals surface area contributed by atoms with Crippen LogP contribution in [0, 0.1) is 22.7 Å². The number of carbonyl (C=O) groups is 1. The van der Waals surface area contributed by atoms with Crippen LogP contribution in [0.15, 0.2) is 46.5 Å². The molecule has 4 aromatic rings. The van der Waals surface area contributed by atoms with Crippen LogP contribution in [0.1, 0.15) is 125 Å². The van der Waals surface area contributed by atoms with Gasteiger partial charge in [-0.15, -0.1) is 0 Å². The van der Waals surface area contributed by atoms with Gasteiger partial charge in [-0.3, -0.25) is 0 Å². The fourth-order valence-corrected chi connectivity index (χ4v) is 7.90. The normalized spacial score (nSPS) is 13.4. The Kier molecular flexibility index (Phi) is 14.6. The Labute approximate surface area is 340 Å². The second-order valence-corrected chi connectivity index (χ2v) is 18.2. The molecular weight excluding hydrogens is 785 g/mol. The number of nitrogens with zero attached hydrogens (tertiary/aromatic N) is 6. The maximum Gasteiger partial charge on any atom is 0.333 e. The topological polar surface area (TPSA) is 263 Å². The number of anilines is 2. The van der Waals surface area contributed by atoms with Gasteiger partial charge in [0, 0.05) is 37.3 Å². The molecule has 6 rings (SSSR count). The lowest BCUT2D eigenvalue weighted by molar-refractivity contribution is 0.224. The zero-order chi connectivity index (χ0) is 43.1. The molecule has 4 heterocycles. The van der Waals surface area contributed by atoms with Crippen molar-refractivity contribution in [3.05, 3.63) is 70.0 Å². The molecule has 17 nitrogen and oxygen atoms in total. The molecule has 0 saturated heterocycles. The molecule has 19 heteroatoms. The summed E-state index contributed by atoms with van der Waals surface area (Å²) in [7, 11) is -7.89. The summed E-state index contributed by atoms with van der Waals surface area (Å²) in [6, 6.07) is 10.6. The summed E-state index contributed by atoms with van der Waals surface area (Å²) in [6.45, 7) is 18.3. The number of ether oxygens (including phenoxy) is 2. The summed E-state index contributed by atoms with van der Waals surface area (Å²) in [5, 5.41) is 33.8. The van der Waals surface area contributed by atoms with Crippen molar-refractivity contribution in [2.45, 2.75) is 115 Å². The first kappa shape index (κ1) is 45.1. The molecule has 2 aliphatic heterocycles. The molecule has 0 saturated carbocycles. The van der Waals surface area contributed by atoms with Crippen LogP contribution in [0.2, 0.25) is 0 Å². The van der Waals surface area contributed by atoms with Crippen LogP contribution >= 0.6 is 0 Å². The fourth-order valence-electron chi connectivity index (χ4n) is 6.31. The number of nitrogen functional groups attached to an aromatic ring is 1. The smallest absolute Gasteiger partial charge is 0.333 e. The number of hydrogen-bond donors (Lipinski definition) is 4. The third kappa shape index (κ3) is 10.6. The van der Waals surface area contributed by atoms with E-state index in [1.807, 2.05) is 44.5 Å². The molecule has 6 N–H and O–H groups in total. The maximum absolute atomic E-state index is 12.8. The van der Waals surface area contributed by atoms with Crippen LogP contribution in [-0.4, -0.2) is 55.6 Å². The largest absolute Gasteiger partial charge is 0.477 e. The number of aromatic nitrogens is 4. The van der Waals surface area contributed by atoms with Gasteiger partial charge in [0.05, 0.1) is 48.9 Å². The highest BCUT2D eigenvalue weighted by Crippen LogP contribution is 2.35. The van der Waals surface area contributed by atoms with E-state index in [9.17, 15) is 26.9 Å². The quantitative estimate of drug-likeness (QED) is 0.149. The van der Waals surface area contributed by atoms with Crippen molar-refractivity contribution in [2.24, 2.45) is 5.14 Å². The molecule has 2 amide bonds. The number of hydrogen-bond acceptors (Lipinski definition) is 12. The second kappa shape index (κ2) is 18.8. The number of primary sulfonamides is 1. The SMILES string of the molecule is CC(C)c1cc(C#N)cc(C(C)C)c1N.CC(C)c1cc(C#N)cc(C(C)C)c1NC(=O)NS(=O)(=O)c1cnn2c1OCCC2.NS(=O)(=O)c1cnn2c1OCCC2. The number of fused-ring (bicyclic) bond motifs is 2. The number of rotatable bonds is 8. The van der Waals surface area contributed by atoms with Crippen LogP contribution in [0.5, 0.6) is 11.8 Å². The third-order valence-electron chi connectivity index (χ3n) is 9.28. The number of nitrogens with one attached hydrogen (secondary N) is 2. The monoisotopic (exact) mass is 836 g/mol. The van der Waals surface area contributed by atoms with E-state index in [1.54, 1.807) is 12.1 Å². The lowest BCUT2D eigenvalue weighted by Crippen LogP contribution is -2.35. The summed E-state index contributed by atoms with van der Waals surface area (Å²) in [5.41, 5.74) is 12.3. The van der Waals surface area contributed by atoms with E-state index in [2.05, 4.69) is 55.3 Å². The minimum atomic E-state index is -4.18. The summed E-state index contributed by atoms with van der Waals surface area (Å²) >= 11 is 0. The standard InChI is InChI=1S/C20H25N5O4S.C13H18N2.C6H9N3O3S/c1-12(2)15-8-14(10-21)9-16(13(3)4)18(15)23-20(26)24-30(27,28)17-11-22-25-6-5-7-29-19(17)25;1-8(2)11-5-10(7-14)6-12(9(3)4)13(11)15;7-13(10,11)5-4-8-9-2-1-3-12-6(5)9/h8-9,11-13H,5-7H2,1-4H3,(H2,23,24,26);5-6,8-9H,15H2,1-4H3;4H,1-3H2,(H2,7,10,11). The first-order valence-corrected chi connectivity index (χ1v) is 21.9. The highest BCUT2D eigenvalue weighted by atomic mass is 32.2. The Morgan fingerprint density at radius 3 is 1.52 bits per heavy atom. The summed E-state index contributed by atoms with van der Waals surface area (Å²) in [4.78, 5) is 12.5. The molecule has 58 heavy (non-hydrogen) atoms. The molecule has 2 aromatic carbocycles. The summed E-state index contributed by atoms with van der Waals surface area (Å²) < 4.78 is 63.1. The van der Waals surface area contributed by atoms with Crippen molar-refractivity contribution in [1.29, 1.82) is 10.5 Å². The van der Waals surface area contributed by atoms with E-state index < -0.39 is 26.1 Å². The Morgan fingerprint density at radius 2 is 1.12 bits per heavy atom. The van der Waals surface area contributed by atoms with E-state index in [0.717, 1.165) is 40.8 Å². The molecule has 0 fully saturated rings. The van der Waals surface area contributed by atoms with Gasteiger partial charge < -0.3 is 20.5 Å². The highest BCUT2D eigenvalue weighted by Gasteiger charge is 2.29. The molecule has 0 atom stereocenters. The number of urea groups is 1. The first-order valence-electron chi connectivity index (χ1n) is 18.8. The lowest BCUT2D eigenvalue weighted by atomic mass is 9.90. The minimum Gasteiger partial charge on any atom is -0.477 e. The third-order valence-corrected chi connectivity index (χ3v) is 11.5. The van der Waals surface area contributed by atoms with Crippen molar-refractivity contribution in [1.82, 2.24) is 24.3 Å². The first-order chi connectivity index (χ1) is 27.2. The van der Waals surface area contributed by atoms with Crippen LogP contribution in [-0.2, 0) is 33.1 Å². The molecule has 0 aliphatic carbocycles. The van der Waals surface area contributed by atoms with Gasteiger partial charge in [0.15, 0.2) is 9.79 Å². The zero-order valence-electron chi connectivity index (χ0n) is 34.0. The molecule has 312 valence electrons. The van der Waals surface area contributed by atoms with E-state index in [-0.39, 0.29) is 33.4 Å². The van der Waals surface area contributed by atoms with E-state index in [4.69, 9.17) is 25.6 Å². The molecule has 0 bridgehead atoms.